The van der Waals surface area contributed by atoms with Gasteiger partial charge < -0.3 is 15.2 Å². The van der Waals surface area contributed by atoms with Crippen LogP contribution in [-0.2, 0) is 4.74 Å². The van der Waals surface area contributed by atoms with Gasteiger partial charge >= 0.3 is 0 Å². The van der Waals surface area contributed by atoms with Crippen LogP contribution in [0.2, 0.25) is 0 Å². The minimum Gasteiger partial charge on any atom is -0.394 e. The van der Waals surface area contributed by atoms with Gasteiger partial charge in [-0.1, -0.05) is 6.42 Å². The summed E-state index contributed by atoms with van der Waals surface area (Å²) in [5.41, 5.74) is 0. The Kier molecular flexibility index (Phi) is 5.07. The van der Waals surface area contributed by atoms with Crippen molar-refractivity contribution in [1.82, 2.24) is 5.32 Å². The maximum Gasteiger partial charge on any atom is 0.0697 e. The number of hydrogen-bond acceptors (Lipinski definition) is 3. The molecule has 0 saturated heterocycles. The molecule has 2 aliphatic carbocycles. The van der Waals surface area contributed by atoms with E-state index in [1.54, 1.807) is 0 Å². The first-order chi connectivity index (χ1) is 7.90. The molecule has 0 radical (unpaired) electrons. The van der Waals surface area contributed by atoms with Gasteiger partial charge in [0, 0.05) is 6.61 Å². The van der Waals surface area contributed by atoms with Crippen LogP contribution < -0.4 is 5.32 Å². The monoisotopic (exact) mass is 227 g/mol. The maximum atomic E-state index is 8.53. The van der Waals surface area contributed by atoms with Crippen LogP contribution in [0.4, 0.5) is 0 Å². The number of hydrogen-bond donors (Lipinski definition) is 2. The van der Waals surface area contributed by atoms with Crippen molar-refractivity contribution in [3.8, 4) is 0 Å². The minimum atomic E-state index is 0.137. The number of fused-ring (bicyclic) bond motifs is 2. The van der Waals surface area contributed by atoms with E-state index in [0.717, 1.165) is 37.3 Å². The van der Waals surface area contributed by atoms with Gasteiger partial charge in [-0.2, -0.15) is 0 Å². The molecule has 0 heterocycles. The molecule has 3 atom stereocenters. The quantitative estimate of drug-likeness (QED) is 0.616. The van der Waals surface area contributed by atoms with E-state index in [1.807, 2.05) is 0 Å². The fraction of sp³-hybridized carbons (Fsp3) is 1.00. The van der Waals surface area contributed by atoms with E-state index >= 15 is 0 Å². The van der Waals surface area contributed by atoms with Gasteiger partial charge in [0.25, 0.3) is 0 Å². The van der Waals surface area contributed by atoms with Crippen molar-refractivity contribution in [3.63, 3.8) is 0 Å². The molecule has 2 fully saturated rings. The summed E-state index contributed by atoms with van der Waals surface area (Å²) in [7, 11) is 0. The highest BCUT2D eigenvalue weighted by atomic mass is 16.5. The molecule has 2 bridgehead atoms. The van der Waals surface area contributed by atoms with E-state index in [1.165, 1.54) is 32.2 Å². The number of nitrogens with one attached hydrogen (secondary N) is 1. The average molecular weight is 227 g/mol. The third-order valence-electron chi connectivity index (χ3n) is 4.17. The normalized spacial score (nSPS) is 32.4. The predicted octanol–water partition coefficient (Wildman–Crippen LogP) is 1.41. The Bertz CT molecular complexity index is 198. The lowest BCUT2D eigenvalue weighted by atomic mass is 9.89. The topological polar surface area (TPSA) is 41.5 Å². The molecule has 2 N–H and O–H groups in total. The summed E-state index contributed by atoms with van der Waals surface area (Å²) in [5, 5.41) is 12.1. The van der Waals surface area contributed by atoms with Crippen molar-refractivity contribution in [1.29, 1.82) is 0 Å². The van der Waals surface area contributed by atoms with E-state index < -0.39 is 0 Å². The van der Waals surface area contributed by atoms with Gasteiger partial charge in [0.2, 0.25) is 0 Å². The lowest BCUT2D eigenvalue weighted by Crippen LogP contribution is -2.27. The second-order valence-electron chi connectivity index (χ2n) is 5.33. The smallest absolute Gasteiger partial charge is 0.0697 e. The van der Waals surface area contributed by atoms with E-state index in [2.05, 4.69) is 5.32 Å². The average Bonchev–Trinajstić information content (AvgIpc) is 2.90. The molecule has 0 aromatic heterocycles. The van der Waals surface area contributed by atoms with Gasteiger partial charge in [0.05, 0.1) is 13.2 Å². The number of ether oxygens (including phenoxy) is 1. The maximum absolute atomic E-state index is 8.53. The van der Waals surface area contributed by atoms with Gasteiger partial charge in [-0.3, -0.25) is 0 Å². The van der Waals surface area contributed by atoms with Crippen molar-refractivity contribution in [2.24, 2.45) is 17.8 Å². The molecule has 16 heavy (non-hydrogen) atoms. The highest BCUT2D eigenvalue weighted by Gasteiger charge is 2.38. The molecule has 0 aromatic carbocycles. The first-order valence-electron chi connectivity index (χ1n) is 6.79. The lowest BCUT2D eigenvalue weighted by Gasteiger charge is -2.21. The van der Waals surface area contributed by atoms with Crippen LogP contribution in [0.15, 0.2) is 0 Å². The number of rotatable bonds is 8. The fourth-order valence-electron chi connectivity index (χ4n) is 3.38. The van der Waals surface area contributed by atoms with Gasteiger partial charge in [0.15, 0.2) is 0 Å². The van der Waals surface area contributed by atoms with Gasteiger partial charge in [-0.15, -0.1) is 0 Å². The van der Waals surface area contributed by atoms with Crippen LogP contribution in [-0.4, -0.2) is 38.0 Å². The molecule has 3 nitrogen and oxygen atoms in total. The van der Waals surface area contributed by atoms with Crippen molar-refractivity contribution >= 4 is 0 Å². The molecule has 0 aliphatic heterocycles. The summed E-state index contributed by atoms with van der Waals surface area (Å²) >= 11 is 0. The molecule has 0 aromatic rings. The van der Waals surface area contributed by atoms with Gasteiger partial charge in [0.1, 0.15) is 0 Å². The Hall–Kier alpha value is -0.120. The number of aliphatic hydroxyl groups excluding tert-OH is 1. The molecule has 2 rings (SSSR count). The molecular formula is C13H25NO2. The highest BCUT2D eigenvalue weighted by Crippen LogP contribution is 2.47. The zero-order valence-corrected chi connectivity index (χ0v) is 10.2. The van der Waals surface area contributed by atoms with Crippen molar-refractivity contribution in [3.05, 3.63) is 0 Å². The standard InChI is InChI=1S/C13H25NO2/c15-5-7-16-6-1-4-14-10-13-9-11-2-3-12(13)8-11/h11-15H,1-10H2. The van der Waals surface area contributed by atoms with Crippen LogP contribution in [0.1, 0.15) is 32.1 Å². The summed E-state index contributed by atoms with van der Waals surface area (Å²) in [6, 6.07) is 0. The van der Waals surface area contributed by atoms with E-state index in [0.29, 0.717) is 6.61 Å². The lowest BCUT2D eigenvalue weighted by molar-refractivity contribution is 0.0905. The van der Waals surface area contributed by atoms with Crippen LogP contribution in [0.25, 0.3) is 0 Å². The van der Waals surface area contributed by atoms with Gasteiger partial charge in [-0.05, 0) is 56.5 Å². The Morgan fingerprint density at radius 2 is 2.12 bits per heavy atom. The predicted molar refractivity (Wildman–Crippen MR) is 64.3 cm³/mol. The van der Waals surface area contributed by atoms with Crippen molar-refractivity contribution in [2.75, 3.05) is 32.9 Å². The fourth-order valence-corrected chi connectivity index (χ4v) is 3.38. The van der Waals surface area contributed by atoms with Crippen LogP contribution in [0, 0.1) is 17.8 Å². The molecule has 94 valence electrons. The molecule has 2 saturated carbocycles. The van der Waals surface area contributed by atoms with E-state index in [4.69, 9.17) is 9.84 Å². The summed E-state index contributed by atoms with van der Waals surface area (Å²) in [4.78, 5) is 0. The summed E-state index contributed by atoms with van der Waals surface area (Å²) in [6.45, 7) is 3.65. The largest absolute Gasteiger partial charge is 0.394 e. The van der Waals surface area contributed by atoms with Crippen molar-refractivity contribution in [2.45, 2.75) is 32.1 Å². The van der Waals surface area contributed by atoms with E-state index in [-0.39, 0.29) is 6.61 Å². The minimum absolute atomic E-state index is 0.137. The molecule has 0 spiro atoms. The Labute approximate surface area is 98.6 Å². The van der Waals surface area contributed by atoms with Crippen molar-refractivity contribution < 1.29 is 9.84 Å². The van der Waals surface area contributed by atoms with Gasteiger partial charge in [-0.25, -0.2) is 0 Å². The number of aliphatic hydroxyl groups is 1. The zero-order valence-electron chi connectivity index (χ0n) is 10.2. The molecule has 3 unspecified atom stereocenters. The van der Waals surface area contributed by atoms with Crippen LogP contribution in [0.5, 0.6) is 0 Å². The molecule has 0 amide bonds. The summed E-state index contributed by atoms with van der Waals surface area (Å²) in [5.74, 6) is 3.05. The first-order valence-corrected chi connectivity index (χ1v) is 6.79. The summed E-state index contributed by atoms with van der Waals surface area (Å²) in [6.07, 6.45) is 7.01. The third kappa shape index (κ3) is 3.44. The summed E-state index contributed by atoms with van der Waals surface area (Å²) < 4.78 is 5.21. The Morgan fingerprint density at radius 1 is 1.19 bits per heavy atom. The highest BCUT2D eigenvalue weighted by molar-refractivity contribution is 4.90. The second-order valence-corrected chi connectivity index (χ2v) is 5.33. The first kappa shape index (κ1) is 12.3. The Balaban J connectivity index is 1.43. The second kappa shape index (κ2) is 6.58. The Morgan fingerprint density at radius 3 is 2.81 bits per heavy atom. The third-order valence-corrected chi connectivity index (χ3v) is 4.17. The SMILES string of the molecule is OCCOCCCNCC1CC2CCC1C2. The zero-order chi connectivity index (χ0) is 11.2. The molecular weight excluding hydrogens is 202 g/mol. The van der Waals surface area contributed by atoms with E-state index in [9.17, 15) is 0 Å². The van der Waals surface area contributed by atoms with Crippen LogP contribution >= 0.6 is 0 Å². The molecule has 2 aliphatic rings. The molecule has 3 heteroatoms. The van der Waals surface area contributed by atoms with Crippen LogP contribution in [0.3, 0.4) is 0 Å².